The first-order chi connectivity index (χ1) is 8.45. The van der Waals surface area contributed by atoms with Gasteiger partial charge in [-0.3, -0.25) is 4.79 Å². The summed E-state index contributed by atoms with van der Waals surface area (Å²) in [7, 11) is 0. The Morgan fingerprint density at radius 3 is 2.22 bits per heavy atom. The molecule has 0 spiro atoms. The van der Waals surface area contributed by atoms with Crippen LogP contribution in [0.1, 0.15) is 30.6 Å². The number of hydrogen-bond acceptors (Lipinski definition) is 4. The average Bonchev–Trinajstić information content (AvgIpc) is 2.27. The maximum Gasteiger partial charge on any atom is 0.254 e. The Hall–Kier alpha value is -1.75. The van der Waals surface area contributed by atoms with Gasteiger partial charge in [-0.1, -0.05) is 0 Å². The van der Waals surface area contributed by atoms with Crippen LogP contribution in [0.2, 0.25) is 0 Å². The Morgan fingerprint density at radius 1 is 1.22 bits per heavy atom. The van der Waals surface area contributed by atoms with Crippen molar-refractivity contribution < 1.29 is 20.1 Å². The molecular formula is C13H19NO4. The number of rotatable bonds is 5. The van der Waals surface area contributed by atoms with Gasteiger partial charge in [0.05, 0.1) is 0 Å². The molecule has 0 atom stereocenters. The summed E-state index contributed by atoms with van der Waals surface area (Å²) in [4.78, 5) is 13.8. The van der Waals surface area contributed by atoms with E-state index in [9.17, 15) is 15.0 Å². The molecule has 0 aliphatic rings. The van der Waals surface area contributed by atoms with E-state index < -0.39 is 0 Å². The molecule has 1 rings (SSSR count). The summed E-state index contributed by atoms with van der Waals surface area (Å²) in [6.07, 6.45) is 0.495. The Bertz CT molecular complexity index is 397. The van der Waals surface area contributed by atoms with E-state index in [2.05, 4.69) is 0 Å². The van der Waals surface area contributed by atoms with Crippen molar-refractivity contribution in [2.45, 2.75) is 26.3 Å². The van der Waals surface area contributed by atoms with E-state index in [1.165, 1.54) is 18.2 Å². The van der Waals surface area contributed by atoms with Gasteiger partial charge < -0.3 is 20.2 Å². The molecule has 1 amide bonds. The van der Waals surface area contributed by atoms with Gasteiger partial charge in [0.1, 0.15) is 11.5 Å². The molecule has 0 unspecified atom stereocenters. The van der Waals surface area contributed by atoms with Gasteiger partial charge >= 0.3 is 0 Å². The third-order valence-corrected chi connectivity index (χ3v) is 2.59. The summed E-state index contributed by atoms with van der Waals surface area (Å²) in [6.45, 7) is 4.20. The second kappa shape index (κ2) is 6.26. The number of nitrogens with zero attached hydrogens (tertiary/aromatic N) is 1. The van der Waals surface area contributed by atoms with Gasteiger partial charge in [-0.05, 0) is 32.4 Å². The van der Waals surface area contributed by atoms with E-state index in [1.54, 1.807) is 4.90 Å². The average molecular weight is 253 g/mol. The molecule has 0 fully saturated rings. The van der Waals surface area contributed by atoms with E-state index in [4.69, 9.17) is 5.11 Å². The van der Waals surface area contributed by atoms with Crippen LogP contribution >= 0.6 is 0 Å². The topological polar surface area (TPSA) is 81.0 Å². The smallest absolute Gasteiger partial charge is 0.254 e. The molecule has 18 heavy (non-hydrogen) atoms. The quantitative estimate of drug-likeness (QED) is 0.739. The molecule has 0 aliphatic heterocycles. The molecule has 0 aromatic heterocycles. The van der Waals surface area contributed by atoms with Crippen LogP contribution in [0.5, 0.6) is 11.5 Å². The fraction of sp³-hybridized carbons (Fsp3) is 0.462. The molecule has 100 valence electrons. The highest BCUT2D eigenvalue weighted by Gasteiger charge is 2.19. The number of carbonyl (C=O) groups is 1. The Labute approximate surface area is 106 Å². The lowest BCUT2D eigenvalue weighted by Crippen LogP contribution is -2.38. The first-order valence-corrected chi connectivity index (χ1v) is 5.90. The second-order valence-electron chi connectivity index (χ2n) is 4.41. The minimum absolute atomic E-state index is 0.0157. The molecule has 0 saturated heterocycles. The van der Waals surface area contributed by atoms with E-state index in [0.717, 1.165) is 0 Å². The zero-order valence-electron chi connectivity index (χ0n) is 10.6. The third-order valence-electron chi connectivity index (χ3n) is 2.59. The molecule has 0 saturated carbocycles. The molecule has 0 aliphatic carbocycles. The molecule has 0 radical (unpaired) electrons. The summed E-state index contributed by atoms with van der Waals surface area (Å²) < 4.78 is 0. The van der Waals surface area contributed by atoms with E-state index in [-0.39, 0.29) is 35.6 Å². The SMILES string of the molecule is CC(C)N(CCCO)C(=O)c1cc(O)cc(O)c1. The normalized spacial score (nSPS) is 10.7. The number of aliphatic hydroxyl groups is 1. The van der Waals surface area contributed by atoms with E-state index in [0.29, 0.717) is 13.0 Å². The molecule has 1 aromatic rings. The van der Waals surface area contributed by atoms with Crippen LogP contribution in [-0.2, 0) is 0 Å². The summed E-state index contributed by atoms with van der Waals surface area (Å²) in [6, 6.07) is 3.78. The summed E-state index contributed by atoms with van der Waals surface area (Å²) in [5.74, 6) is -0.571. The highest BCUT2D eigenvalue weighted by Crippen LogP contribution is 2.22. The lowest BCUT2D eigenvalue weighted by molar-refractivity contribution is 0.0692. The zero-order chi connectivity index (χ0) is 13.7. The monoisotopic (exact) mass is 253 g/mol. The van der Waals surface area contributed by atoms with Crippen LogP contribution in [-0.4, -0.2) is 45.3 Å². The number of phenolic OH excluding ortho intramolecular Hbond substituents is 2. The number of phenols is 2. The molecule has 0 heterocycles. The van der Waals surface area contributed by atoms with Gasteiger partial charge in [0.2, 0.25) is 0 Å². The van der Waals surface area contributed by atoms with Gasteiger partial charge in [-0.2, -0.15) is 0 Å². The number of benzene rings is 1. The number of aromatic hydroxyl groups is 2. The van der Waals surface area contributed by atoms with Crippen molar-refractivity contribution in [2.24, 2.45) is 0 Å². The van der Waals surface area contributed by atoms with Crippen LogP contribution in [0.3, 0.4) is 0 Å². The van der Waals surface area contributed by atoms with E-state index in [1.807, 2.05) is 13.8 Å². The molecular weight excluding hydrogens is 234 g/mol. The van der Waals surface area contributed by atoms with Crippen LogP contribution in [0.15, 0.2) is 18.2 Å². The predicted octanol–water partition coefficient (Wildman–Crippen LogP) is 1.33. The standard InChI is InChI=1S/C13H19NO4/c1-9(2)14(4-3-5-15)13(18)10-6-11(16)8-12(17)7-10/h6-9,15-17H,3-5H2,1-2H3. The van der Waals surface area contributed by atoms with Crippen molar-refractivity contribution in [3.63, 3.8) is 0 Å². The predicted molar refractivity (Wildman–Crippen MR) is 67.6 cm³/mol. The van der Waals surface area contributed by atoms with Gasteiger partial charge in [0.25, 0.3) is 5.91 Å². The zero-order valence-corrected chi connectivity index (χ0v) is 10.6. The number of carbonyl (C=O) groups excluding carboxylic acids is 1. The Kier molecular flexibility index (Phi) is 4.97. The van der Waals surface area contributed by atoms with E-state index >= 15 is 0 Å². The van der Waals surface area contributed by atoms with Crippen molar-refractivity contribution in [1.29, 1.82) is 0 Å². The van der Waals surface area contributed by atoms with Gasteiger partial charge in [0.15, 0.2) is 0 Å². The fourth-order valence-electron chi connectivity index (χ4n) is 1.72. The summed E-state index contributed by atoms with van der Waals surface area (Å²) >= 11 is 0. The molecule has 0 bridgehead atoms. The lowest BCUT2D eigenvalue weighted by atomic mass is 10.1. The number of amides is 1. The highest BCUT2D eigenvalue weighted by atomic mass is 16.3. The first kappa shape index (κ1) is 14.3. The molecule has 3 N–H and O–H groups in total. The highest BCUT2D eigenvalue weighted by molar-refractivity contribution is 5.95. The second-order valence-corrected chi connectivity index (χ2v) is 4.41. The summed E-state index contributed by atoms with van der Waals surface area (Å²) in [5, 5.41) is 27.6. The van der Waals surface area contributed by atoms with Gasteiger partial charge in [-0.25, -0.2) is 0 Å². The number of hydrogen-bond donors (Lipinski definition) is 3. The Balaban J connectivity index is 2.94. The van der Waals surface area contributed by atoms with Crippen LogP contribution in [0, 0.1) is 0 Å². The van der Waals surface area contributed by atoms with Crippen molar-refractivity contribution >= 4 is 5.91 Å². The van der Waals surface area contributed by atoms with Crippen molar-refractivity contribution in [1.82, 2.24) is 4.90 Å². The molecule has 1 aromatic carbocycles. The Morgan fingerprint density at radius 2 is 1.78 bits per heavy atom. The number of aliphatic hydroxyl groups excluding tert-OH is 1. The molecule has 5 heteroatoms. The molecule has 5 nitrogen and oxygen atoms in total. The van der Waals surface area contributed by atoms with Crippen LogP contribution < -0.4 is 0 Å². The summed E-state index contributed by atoms with van der Waals surface area (Å²) in [5.41, 5.74) is 0.235. The van der Waals surface area contributed by atoms with Crippen molar-refractivity contribution in [3.05, 3.63) is 23.8 Å². The minimum Gasteiger partial charge on any atom is -0.508 e. The maximum absolute atomic E-state index is 12.2. The van der Waals surface area contributed by atoms with Crippen LogP contribution in [0.4, 0.5) is 0 Å². The van der Waals surface area contributed by atoms with Crippen LogP contribution in [0.25, 0.3) is 0 Å². The maximum atomic E-state index is 12.2. The lowest BCUT2D eigenvalue weighted by Gasteiger charge is -2.26. The van der Waals surface area contributed by atoms with Gasteiger partial charge in [0, 0.05) is 30.8 Å². The largest absolute Gasteiger partial charge is 0.508 e. The fourth-order valence-corrected chi connectivity index (χ4v) is 1.72. The first-order valence-electron chi connectivity index (χ1n) is 5.90. The van der Waals surface area contributed by atoms with Crippen molar-refractivity contribution in [2.75, 3.05) is 13.2 Å². The third kappa shape index (κ3) is 3.63. The minimum atomic E-state index is -0.273. The van der Waals surface area contributed by atoms with Gasteiger partial charge in [-0.15, -0.1) is 0 Å². The van der Waals surface area contributed by atoms with Crippen molar-refractivity contribution in [3.8, 4) is 11.5 Å².